The molecule has 31 heavy (non-hydrogen) atoms. The third kappa shape index (κ3) is 8.40. The quantitative estimate of drug-likeness (QED) is 0.450. The molecule has 0 spiro atoms. The first-order valence-corrected chi connectivity index (χ1v) is 12.2. The molecule has 0 unspecified atom stereocenters. The molecule has 0 atom stereocenters. The summed E-state index contributed by atoms with van der Waals surface area (Å²) in [5.74, 6) is 0. The van der Waals surface area contributed by atoms with Gasteiger partial charge < -0.3 is 28.3 Å². The summed E-state index contributed by atoms with van der Waals surface area (Å²) in [6, 6.07) is 0. The minimum Gasteiger partial charge on any atom is -0.308 e. The molecular weight excluding hydrogens is 450 g/mol. The van der Waals surface area contributed by atoms with Crippen LogP contribution in [0.25, 0.3) is 0 Å². The van der Waals surface area contributed by atoms with Crippen LogP contribution in [0.15, 0.2) is 9.59 Å². The number of rotatable bonds is 6. The zero-order chi connectivity index (χ0) is 24.1. The van der Waals surface area contributed by atoms with Crippen molar-refractivity contribution < 1.29 is 27.2 Å². The molecule has 0 aliphatic rings. The van der Waals surface area contributed by atoms with Gasteiger partial charge in [0.25, 0.3) is 11.1 Å². The van der Waals surface area contributed by atoms with Crippen LogP contribution in [0, 0.1) is 13.8 Å². The number of aryl methyl sites for hydroxylation is 2. The van der Waals surface area contributed by atoms with E-state index in [1.807, 2.05) is 27.7 Å². The third-order valence-corrected chi connectivity index (χ3v) is 7.47. The number of hydrogen-bond donors (Lipinski definition) is 4. The molecule has 0 radical (unpaired) electrons. The van der Waals surface area contributed by atoms with Crippen molar-refractivity contribution in [3.05, 3.63) is 32.1 Å². The monoisotopic (exact) mass is 488 g/mol. The molecule has 0 amide bonds. The van der Waals surface area contributed by atoms with Crippen molar-refractivity contribution in [2.24, 2.45) is 0 Å². The van der Waals surface area contributed by atoms with Crippen molar-refractivity contribution in [2.75, 3.05) is 28.4 Å². The Labute approximate surface area is 183 Å². The van der Waals surface area contributed by atoms with Crippen LogP contribution >= 0.6 is 15.2 Å². The van der Waals surface area contributed by atoms with E-state index in [2.05, 4.69) is 38.5 Å². The van der Waals surface area contributed by atoms with Crippen LogP contribution in [0.5, 0.6) is 0 Å². The van der Waals surface area contributed by atoms with Gasteiger partial charge in [0.05, 0.1) is 0 Å². The van der Waals surface area contributed by atoms with E-state index in [0.29, 0.717) is 11.4 Å². The van der Waals surface area contributed by atoms with Gasteiger partial charge in [0.2, 0.25) is 0 Å². The Balaban J connectivity index is -0.000000424. The van der Waals surface area contributed by atoms with E-state index in [1.165, 1.54) is 28.4 Å². The molecule has 0 aromatic carbocycles. The molecule has 0 saturated heterocycles. The summed E-state index contributed by atoms with van der Waals surface area (Å²) < 4.78 is 42.3. The summed E-state index contributed by atoms with van der Waals surface area (Å²) in [5.41, 5.74) is -0.0527. The van der Waals surface area contributed by atoms with E-state index in [4.69, 9.17) is 0 Å². The van der Waals surface area contributed by atoms with Crippen molar-refractivity contribution in [3.63, 3.8) is 0 Å². The van der Waals surface area contributed by atoms with Crippen molar-refractivity contribution in [1.82, 2.24) is 20.4 Å². The summed E-state index contributed by atoms with van der Waals surface area (Å²) in [6.45, 7) is 11.2. The minimum absolute atomic E-state index is 0. The highest BCUT2D eigenvalue weighted by molar-refractivity contribution is 7.62. The van der Waals surface area contributed by atoms with Crippen LogP contribution in [0.1, 0.15) is 46.5 Å². The Morgan fingerprint density at radius 2 is 0.806 bits per heavy atom. The Bertz CT molecular complexity index is 852. The standard InChI is InChI=1S/2C6H11N2O4P.2C2H6.CH4/c2*1-4-5(6(9)8-7-4)13(10,11-2)12-3;2*1-2;/h2*1-3H3,(H2,7,8,9);2*1-2H3;1H4. The van der Waals surface area contributed by atoms with Gasteiger partial charge in [-0.15, -0.1) is 0 Å². The maximum Gasteiger partial charge on any atom is 0.368 e. The molecule has 0 fully saturated rings. The van der Waals surface area contributed by atoms with Crippen LogP contribution in [0.4, 0.5) is 0 Å². The Kier molecular flexibility index (Phi) is 17.5. The molecular formula is C17H38N4O8P2. The Hall–Kier alpha value is -1.68. The van der Waals surface area contributed by atoms with Gasteiger partial charge in [-0.2, -0.15) is 0 Å². The lowest BCUT2D eigenvalue weighted by molar-refractivity contribution is 0.286. The number of hydrogen-bond acceptors (Lipinski definition) is 8. The summed E-state index contributed by atoms with van der Waals surface area (Å²) in [5, 5.41) is 9.73. The first-order chi connectivity index (χ1) is 14.1. The van der Waals surface area contributed by atoms with Crippen LogP contribution in [0.2, 0.25) is 0 Å². The molecule has 0 aliphatic carbocycles. The number of aromatic nitrogens is 4. The largest absolute Gasteiger partial charge is 0.368 e. The summed E-state index contributed by atoms with van der Waals surface area (Å²) >= 11 is 0. The minimum atomic E-state index is -3.44. The van der Waals surface area contributed by atoms with Gasteiger partial charge >= 0.3 is 15.2 Å². The zero-order valence-corrected chi connectivity index (χ0v) is 20.9. The fourth-order valence-corrected chi connectivity index (χ4v) is 4.62. The second kappa shape index (κ2) is 16.0. The summed E-state index contributed by atoms with van der Waals surface area (Å²) in [4.78, 5) is 22.4. The van der Waals surface area contributed by atoms with Gasteiger partial charge in [-0.3, -0.25) is 28.9 Å². The zero-order valence-electron chi connectivity index (χ0n) is 19.2. The van der Waals surface area contributed by atoms with Crippen molar-refractivity contribution in [1.29, 1.82) is 0 Å². The number of aromatic amines is 4. The molecule has 0 bridgehead atoms. The summed E-state index contributed by atoms with van der Waals surface area (Å²) in [6.07, 6.45) is 0. The maximum atomic E-state index is 11.8. The topological polar surface area (TPSA) is 168 Å². The molecule has 12 nitrogen and oxygen atoms in total. The van der Waals surface area contributed by atoms with Gasteiger partial charge in [-0.25, -0.2) is 0 Å². The average Bonchev–Trinajstić information content (AvgIpc) is 3.31. The molecule has 2 aromatic rings. The van der Waals surface area contributed by atoms with Crippen molar-refractivity contribution >= 4 is 25.8 Å². The smallest absolute Gasteiger partial charge is 0.308 e. The van der Waals surface area contributed by atoms with Gasteiger partial charge in [0, 0.05) is 39.8 Å². The molecule has 0 aliphatic heterocycles. The van der Waals surface area contributed by atoms with E-state index < -0.39 is 26.3 Å². The first-order valence-electron chi connectivity index (χ1n) is 9.08. The lowest BCUT2D eigenvalue weighted by Crippen LogP contribution is -2.24. The van der Waals surface area contributed by atoms with Crippen LogP contribution in [-0.2, 0) is 27.2 Å². The van der Waals surface area contributed by atoms with E-state index in [-0.39, 0.29) is 18.0 Å². The lowest BCUT2D eigenvalue weighted by atomic mass is 10.5. The highest BCUT2D eigenvalue weighted by Gasteiger charge is 2.32. The molecule has 2 aromatic heterocycles. The molecule has 0 saturated carbocycles. The van der Waals surface area contributed by atoms with Crippen LogP contribution < -0.4 is 21.7 Å². The Morgan fingerprint density at radius 3 is 0.935 bits per heavy atom. The van der Waals surface area contributed by atoms with Crippen molar-refractivity contribution in [2.45, 2.75) is 49.0 Å². The Morgan fingerprint density at radius 1 is 0.581 bits per heavy atom. The van der Waals surface area contributed by atoms with Gasteiger partial charge in [-0.1, -0.05) is 35.1 Å². The average molecular weight is 488 g/mol. The molecule has 14 heteroatoms. The third-order valence-electron chi connectivity index (χ3n) is 3.38. The summed E-state index contributed by atoms with van der Waals surface area (Å²) in [7, 11) is -1.94. The molecule has 2 rings (SSSR count). The van der Waals surface area contributed by atoms with E-state index in [0.717, 1.165) is 0 Å². The molecule has 184 valence electrons. The fourth-order valence-electron chi connectivity index (χ4n) is 2.05. The highest BCUT2D eigenvalue weighted by Crippen LogP contribution is 2.45. The van der Waals surface area contributed by atoms with Gasteiger partial charge in [-0.05, 0) is 13.8 Å². The van der Waals surface area contributed by atoms with Crippen LogP contribution in [0.3, 0.4) is 0 Å². The first kappa shape index (κ1) is 33.9. The maximum absolute atomic E-state index is 11.8. The van der Waals surface area contributed by atoms with Gasteiger partial charge in [0.1, 0.15) is 0 Å². The lowest BCUT2D eigenvalue weighted by Gasteiger charge is -2.10. The van der Waals surface area contributed by atoms with Gasteiger partial charge in [0.15, 0.2) is 10.6 Å². The normalized spacial score (nSPS) is 10.4. The SMILES string of the molecule is C.CC.CC.COP(=O)(OC)c1c(C)[nH][nH]c1=O.COP(=O)(OC)c1c(C)[nH][nH]c1=O. The predicted octanol–water partition coefficient (Wildman–Crippen LogP) is 2.93. The molecule has 2 heterocycles. The van der Waals surface area contributed by atoms with E-state index in [1.54, 1.807) is 13.8 Å². The van der Waals surface area contributed by atoms with E-state index >= 15 is 0 Å². The molecule has 4 N–H and O–H groups in total. The highest BCUT2D eigenvalue weighted by atomic mass is 31.2. The predicted molar refractivity (Wildman–Crippen MR) is 124 cm³/mol. The second-order valence-corrected chi connectivity index (χ2v) is 9.18. The van der Waals surface area contributed by atoms with E-state index in [9.17, 15) is 18.7 Å². The van der Waals surface area contributed by atoms with Crippen LogP contribution in [-0.4, -0.2) is 48.8 Å². The second-order valence-electron chi connectivity index (χ2n) is 4.83. The number of H-pyrrole nitrogens is 4. The van der Waals surface area contributed by atoms with Crippen molar-refractivity contribution in [3.8, 4) is 0 Å². The fraction of sp³-hybridized carbons (Fsp3) is 0.647. The number of nitrogens with one attached hydrogen (secondary N) is 4.